The van der Waals surface area contributed by atoms with E-state index in [1.165, 1.54) is 29.8 Å². The maximum atomic E-state index is 12.7. The number of halogens is 1. The molecule has 0 bridgehead atoms. The molecule has 0 N–H and O–H groups in total. The molecule has 1 saturated heterocycles. The molecule has 1 fully saturated rings. The molecular formula is C17H18ClN3O3S3. The number of rotatable bonds is 5. The quantitative estimate of drug-likeness (QED) is 0.708. The summed E-state index contributed by atoms with van der Waals surface area (Å²) in [6.45, 7) is 2.12. The number of thioether (sulfide) groups is 1. The number of aliphatic imine (C=N–C) groups is 1. The highest BCUT2D eigenvalue weighted by Crippen LogP contribution is 2.29. The maximum absolute atomic E-state index is 12.7. The Bertz CT molecular complexity index is 975. The molecule has 1 amide bonds. The Balaban J connectivity index is 1.78. The number of nitrogens with zero attached hydrogens (tertiary/aromatic N) is 3. The van der Waals surface area contributed by atoms with Crippen molar-refractivity contribution in [3.63, 3.8) is 0 Å². The van der Waals surface area contributed by atoms with Gasteiger partial charge in [-0.05, 0) is 36.1 Å². The van der Waals surface area contributed by atoms with Crippen molar-refractivity contribution >= 4 is 61.5 Å². The largest absolute Gasteiger partial charge is 0.289 e. The molecule has 2 heterocycles. The minimum atomic E-state index is -3.67. The summed E-state index contributed by atoms with van der Waals surface area (Å²) < 4.78 is 26.3. The monoisotopic (exact) mass is 443 g/mol. The molecule has 2 aromatic rings. The first-order valence-corrected chi connectivity index (χ1v) is 11.8. The van der Waals surface area contributed by atoms with Crippen molar-refractivity contribution in [1.29, 1.82) is 0 Å². The maximum Gasteiger partial charge on any atom is 0.252 e. The summed E-state index contributed by atoms with van der Waals surface area (Å²) in [4.78, 5) is 18.8. The molecule has 1 aromatic carbocycles. The molecule has 3 rings (SSSR count). The average Bonchev–Trinajstić information content (AvgIpc) is 3.31. The van der Waals surface area contributed by atoms with E-state index in [1.807, 2.05) is 19.1 Å². The Morgan fingerprint density at radius 3 is 2.81 bits per heavy atom. The van der Waals surface area contributed by atoms with E-state index >= 15 is 0 Å². The molecule has 0 spiro atoms. The third kappa shape index (κ3) is 4.38. The van der Waals surface area contributed by atoms with Crippen LogP contribution in [0, 0.1) is 6.92 Å². The average molecular weight is 444 g/mol. The highest BCUT2D eigenvalue weighted by Gasteiger charge is 2.30. The van der Waals surface area contributed by atoms with Gasteiger partial charge in [-0.25, -0.2) is 13.4 Å². The zero-order valence-corrected chi connectivity index (χ0v) is 18.0. The summed E-state index contributed by atoms with van der Waals surface area (Å²) >= 11 is 8.73. The van der Waals surface area contributed by atoms with Crippen LogP contribution in [0.3, 0.4) is 0 Å². The van der Waals surface area contributed by atoms with Gasteiger partial charge in [0, 0.05) is 24.4 Å². The van der Waals surface area contributed by atoms with Gasteiger partial charge in [0.2, 0.25) is 5.91 Å². The number of carbonyl (C=O) groups excluding carboxylic acids is 1. The molecule has 1 aromatic heterocycles. The topological polar surface area (TPSA) is 70.1 Å². The van der Waals surface area contributed by atoms with Crippen LogP contribution in [0.1, 0.15) is 5.56 Å². The Morgan fingerprint density at radius 2 is 2.11 bits per heavy atom. The van der Waals surface area contributed by atoms with Crippen molar-refractivity contribution < 1.29 is 13.2 Å². The van der Waals surface area contributed by atoms with Crippen LogP contribution in [0.25, 0.3) is 0 Å². The number of hydrogen-bond acceptors (Lipinski definition) is 6. The van der Waals surface area contributed by atoms with E-state index in [9.17, 15) is 13.2 Å². The Kier molecular flexibility index (Phi) is 6.27. The summed E-state index contributed by atoms with van der Waals surface area (Å²) in [7, 11) is -2.26. The van der Waals surface area contributed by atoms with Crippen molar-refractivity contribution in [2.24, 2.45) is 4.99 Å². The van der Waals surface area contributed by atoms with Crippen molar-refractivity contribution in [1.82, 2.24) is 9.21 Å². The number of benzene rings is 1. The second-order valence-electron chi connectivity index (χ2n) is 5.87. The molecule has 0 atom stereocenters. The molecule has 0 aliphatic carbocycles. The fourth-order valence-electron chi connectivity index (χ4n) is 2.47. The fraction of sp³-hybridized carbons (Fsp3) is 0.294. The van der Waals surface area contributed by atoms with Crippen LogP contribution >= 0.6 is 34.7 Å². The van der Waals surface area contributed by atoms with Gasteiger partial charge in [0.15, 0.2) is 5.17 Å². The number of thiophene rings is 1. The lowest BCUT2D eigenvalue weighted by atomic mass is 10.2. The molecule has 0 saturated carbocycles. The van der Waals surface area contributed by atoms with E-state index < -0.39 is 10.0 Å². The van der Waals surface area contributed by atoms with E-state index in [-0.39, 0.29) is 16.7 Å². The van der Waals surface area contributed by atoms with Gasteiger partial charge < -0.3 is 0 Å². The molecule has 6 nitrogen and oxygen atoms in total. The summed E-state index contributed by atoms with van der Waals surface area (Å²) in [5, 5.41) is 2.87. The van der Waals surface area contributed by atoms with Crippen molar-refractivity contribution in [2.45, 2.75) is 11.1 Å². The van der Waals surface area contributed by atoms with Crippen molar-refractivity contribution in [2.75, 3.05) is 25.9 Å². The molecular weight excluding hydrogens is 426 g/mol. The number of carbonyl (C=O) groups is 1. The number of sulfonamides is 1. The predicted molar refractivity (Wildman–Crippen MR) is 112 cm³/mol. The van der Waals surface area contributed by atoms with E-state index in [0.717, 1.165) is 21.2 Å². The fourth-order valence-corrected chi connectivity index (χ4v) is 5.93. The highest BCUT2D eigenvalue weighted by molar-refractivity contribution is 8.14. The van der Waals surface area contributed by atoms with E-state index in [4.69, 9.17) is 11.6 Å². The molecule has 144 valence electrons. The summed E-state index contributed by atoms with van der Waals surface area (Å²) in [6.07, 6.45) is 0. The van der Waals surface area contributed by atoms with Crippen LogP contribution < -0.4 is 0 Å². The summed E-state index contributed by atoms with van der Waals surface area (Å²) in [5.41, 5.74) is 1.54. The third-order valence-corrected chi connectivity index (χ3v) is 8.59. The second-order valence-corrected chi connectivity index (χ2v) is 10.6. The van der Waals surface area contributed by atoms with Crippen molar-refractivity contribution in [3.05, 3.63) is 46.3 Å². The van der Waals surface area contributed by atoms with Crippen LogP contribution in [0.15, 0.2) is 44.9 Å². The van der Waals surface area contributed by atoms with Crippen LogP contribution in [0.2, 0.25) is 5.02 Å². The lowest BCUT2D eigenvalue weighted by molar-refractivity contribution is -0.126. The van der Waals surface area contributed by atoms with Gasteiger partial charge in [-0.15, -0.1) is 11.3 Å². The normalized spacial score (nSPS) is 16.4. The Hall–Kier alpha value is -1.39. The predicted octanol–water partition coefficient (Wildman–Crippen LogP) is 3.59. The Morgan fingerprint density at radius 1 is 1.33 bits per heavy atom. The molecule has 27 heavy (non-hydrogen) atoms. The minimum absolute atomic E-state index is 0.219. The van der Waals surface area contributed by atoms with Gasteiger partial charge in [-0.2, -0.15) is 4.31 Å². The molecule has 0 unspecified atom stereocenters. The van der Waals surface area contributed by atoms with E-state index in [1.54, 1.807) is 17.5 Å². The number of hydrogen-bond donors (Lipinski definition) is 0. The standard InChI is InChI=1S/C17H18ClN3O3S3/c1-12-13(18)5-3-6-14(12)19-17-21(8-10-26-17)15(22)11-20(2)27(23,24)16-7-4-9-25-16/h3-7,9H,8,10-11H2,1-2H3. The second kappa shape index (κ2) is 8.32. The molecule has 1 aliphatic rings. The molecule has 1 aliphatic heterocycles. The number of amidine groups is 1. The van der Waals surface area contributed by atoms with Crippen LogP contribution in [0.5, 0.6) is 0 Å². The summed E-state index contributed by atoms with van der Waals surface area (Å²) in [6, 6.07) is 8.63. The van der Waals surface area contributed by atoms with E-state index in [2.05, 4.69) is 4.99 Å². The van der Waals surface area contributed by atoms with Gasteiger partial charge in [-0.3, -0.25) is 9.69 Å². The zero-order valence-electron chi connectivity index (χ0n) is 14.8. The first-order chi connectivity index (χ1) is 12.8. The van der Waals surface area contributed by atoms with Crippen molar-refractivity contribution in [3.8, 4) is 0 Å². The number of amides is 1. The third-order valence-electron chi connectivity index (χ3n) is 4.05. The van der Waals surface area contributed by atoms with Gasteiger partial charge in [0.1, 0.15) is 4.21 Å². The Labute approximate surface area is 171 Å². The van der Waals surface area contributed by atoms with Gasteiger partial charge in [0.05, 0.1) is 12.2 Å². The first kappa shape index (κ1) is 20.3. The van der Waals surface area contributed by atoms with Crippen LogP contribution in [-0.4, -0.2) is 54.6 Å². The smallest absolute Gasteiger partial charge is 0.252 e. The summed E-state index contributed by atoms with van der Waals surface area (Å²) in [5.74, 6) is 0.409. The minimum Gasteiger partial charge on any atom is -0.289 e. The van der Waals surface area contributed by atoms with Gasteiger partial charge >= 0.3 is 0 Å². The van der Waals surface area contributed by atoms with E-state index in [0.29, 0.717) is 28.2 Å². The lowest BCUT2D eigenvalue weighted by Crippen LogP contribution is -2.41. The molecule has 0 radical (unpaired) electrons. The lowest BCUT2D eigenvalue weighted by Gasteiger charge is -2.20. The first-order valence-electron chi connectivity index (χ1n) is 8.07. The SMILES string of the molecule is Cc1c(Cl)cccc1N=C1SCCN1C(=O)CN(C)S(=O)(=O)c1cccs1. The van der Waals surface area contributed by atoms with Gasteiger partial charge in [-0.1, -0.05) is 35.5 Å². The van der Waals surface area contributed by atoms with Crippen LogP contribution in [-0.2, 0) is 14.8 Å². The van der Waals surface area contributed by atoms with Crippen LogP contribution in [0.4, 0.5) is 5.69 Å². The molecule has 10 heteroatoms. The van der Waals surface area contributed by atoms with Gasteiger partial charge in [0.25, 0.3) is 10.0 Å². The zero-order chi connectivity index (χ0) is 19.6. The number of likely N-dealkylation sites (N-methyl/N-ethyl adjacent to an activating group) is 1. The highest BCUT2D eigenvalue weighted by atomic mass is 35.5.